The van der Waals surface area contributed by atoms with Crippen molar-refractivity contribution in [3.05, 3.63) is 81.8 Å². The van der Waals surface area contributed by atoms with E-state index in [4.69, 9.17) is 9.47 Å². The van der Waals surface area contributed by atoms with Crippen LogP contribution in [-0.4, -0.2) is 18.0 Å². The second-order valence-electron chi connectivity index (χ2n) is 6.52. The van der Waals surface area contributed by atoms with Crippen molar-refractivity contribution >= 4 is 23.3 Å². The summed E-state index contributed by atoms with van der Waals surface area (Å²) in [7, 11) is 1.62. The molecule has 0 saturated carbocycles. The first kappa shape index (κ1) is 20.6. The Morgan fingerprint density at radius 2 is 2.07 bits per heavy atom. The molecule has 5 nitrogen and oxygen atoms in total. The topological polar surface area (TPSA) is 60.5 Å². The lowest BCUT2D eigenvalue weighted by atomic mass is 10.1. The number of para-hydroxylation sites is 1. The molecule has 3 aromatic rings. The predicted octanol–water partition coefficient (Wildman–Crippen LogP) is 4.93. The van der Waals surface area contributed by atoms with Crippen LogP contribution in [0.5, 0.6) is 11.5 Å². The van der Waals surface area contributed by atoms with E-state index in [9.17, 15) is 4.79 Å². The average Bonchev–Trinajstić information content (AvgIpc) is 3.16. The van der Waals surface area contributed by atoms with Crippen molar-refractivity contribution < 1.29 is 14.3 Å². The molecule has 1 heterocycles. The van der Waals surface area contributed by atoms with Crippen LogP contribution >= 0.6 is 11.3 Å². The molecule has 0 aliphatic carbocycles. The third-order valence-electron chi connectivity index (χ3n) is 4.30. The quantitative estimate of drug-likeness (QED) is 0.537. The van der Waals surface area contributed by atoms with Gasteiger partial charge in [0.1, 0.15) is 18.1 Å². The molecule has 0 saturated heterocycles. The predicted molar refractivity (Wildman–Crippen MR) is 116 cm³/mol. The van der Waals surface area contributed by atoms with E-state index < -0.39 is 0 Å². The molecule has 0 radical (unpaired) electrons. The number of rotatable bonds is 8. The first-order valence-corrected chi connectivity index (χ1v) is 10.2. The van der Waals surface area contributed by atoms with E-state index in [1.165, 1.54) is 6.08 Å². The van der Waals surface area contributed by atoms with Crippen LogP contribution in [0.25, 0.3) is 6.08 Å². The van der Waals surface area contributed by atoms with Gasteiger partial charge in [-0.2, -0.15) is 0 Å². The molecule has 0 spiro atoms. The molecule has 2 aromatic carbocycles. The van der Waals surface area contributed by atoms with Gasteiger partial charge in [0.15, 0.2) is 0 Å². The molecule has 1 atom stereocenters. The summed E-state index contributed by atoms with van der Waals surface area (Å²) < 4.78 is 11.2. The van der Waals surface area contributed by atoms with Crippen LogP contribution in [0.2, 0.25) is 0 Å². The number of amides is 1. The maximum atomic E-state index is 12.3. The van der Waals surface area contributed by atoms with Crippen LogP contribution in [0.4, 0.5) is 0 Å². The lowest BCUT2D eigenvalue weighted by Gasteiger charge is -2.16. The number of aryl methyl sites for hydroxylation is 1. The Hall–Kier alpha value is -3.12. The number of aromatic nitrogens is 1. The Morgan fingerprint density at radius 3 is 2.83 bits per heavy atom. The van der Waals surface area contributed by atoms with Crippen LogP contribution in [0.15, 0.2) is 60.0 Å². The molecule has 150 valence electrons. The number of ether oxygens (including phenoxy) is 2. The first-order chi connectivity index (χ1) is 14.0. The fraction of sp³-hybridized carbons (Fsp3) is 0.217. The highest BCUT2D eigenvalue weighted by atomic mass is 32.1. The van der Waals surface area contributed by atoms with E-state index in [0.29, 0.717) is 6.61 Å². The van der Waals surface area contributed by atoms with Crippen molar-refractivity contribution in [3.8, 4) is 11.5 Å². The smallest absolute Gasteiger partial charge is 0.244 e. The molecule has 0 bridgehead atoms. The highest BCUT2D eigenvalue weighted by Gasteiger charge is 2.12. The number of carbonyl (C=O) groups excluding carboxylic acids is 1. The fourth-order valence-electron chi connectivity index (χ4n) is 2.88. The van der Waals surface area contributed by atoms with Crippen molar-refractivity contribution in [2.75, 3.05) is 7.11 Å². The van der Waals surface area contributed by atoms with Crippen LogP contribution in [0.1, 0.15) is 34.8 Å². The summed E-state index contributed by atoms with van der Waals surface area (Å²) in [5.74, 6) is 1.32. The van der Waals surface area contributed by atoms with Gasteiger partial charge < -0.3 is 14.8 Å². The summed E-state index contributed by atoms with van der Waals surface area (Å²) in [4.78, 5) is 16.7. The van der Waals surface area contributed by atoms with Gasteiger partial charge in [-0.3, -0.25) is 4.79 Å². The second-order valence-corrected chi connectivity index (χ2v) is 7.59. The number of nitrogens with zero attached hydrogens (tertiary/aromatic N) is 1. The van der Waals surface area contributed by atoms with Gasteiger partial charge in [0.05, 0.1) is 23.9 Å². The Bertz CT molecular complexity index is 997. The zero-order valence-electron chi connectivity index (χ0n) is 16.7. The van der Waals surface area contributed by atoms with Crippen molar-refractivity contribution in [2.24, 2.45) is 0 Å². The van der Waals surface area contributed by atoms with Crippen molar-refractivity contribution in [1.82, 2.24) is 10.3 Å². The van der Waals surface area contributed by atoms with E-state index in [-0.39, 0.29) is 11.9 Å². The van der Waals surface area contributed by atoms with Gasteiger partial charge in [-0.15, -0.1) is 11.3 Å². The van der Waals surface area contributed by atoms with E-state index in [1.54, 1.807) is 24.5 Å². The number of hydrogen-bond acceptors (Lipinski definition) is 5. The minimum atomic E-state index is -0.173. The number of benzene rings is 2. The van der Waals surface area contributed by atoms with Crippen molar-refractivity contribution in [2.45, 2.75) is 26.5 Å². The van der Waals surface area contributed by atoms with Crippen LogP contribution in [0, 0.1) is 6.92 Å². The Morgan fingerprint density at radius 1 is 1.24 bits per heavy atom. The third kappa shape index (κ3) is 5.93. The van der Waals surface area contributed by atoms with Crippen LogP contribution < -0.4 is 14.8 Å². The third-order valence-corrected chi connectivity index (χ3v) is 5.13. The Kier molecular flexibility index (Phi) is 7.03. The van der Waals surface area contributed by atoms with Gasteiger partial charge in [-0.25, -0.2) is 4.98 Å². The van der Waals surface area contributed by atoms with Crippen molar-refractivity contribution in [1.29, 1.82) is 0 Å². The fourth-order valence-corrected chi connectivity index (χ4v) is 3.47. The molecular weight excluding hydrogens is 384 g/mol. The average molecular weight is 409 g/mol. The molecule has 29 heavy (non-hydrogen) atoms. The number of nitrogens with one attached hydrogen (secondary N) is 1. The highest BCUT2D eigenvalue weighted by Crippen LogP contribution is 2.24. The minimum Gasteiger partial charge on any atom is -0.496 e. The maximum absolute atomic E-state index is 12.3. The molecule has 3 rings (SSSR count). The Labute approximate surface area is 175 Å². The lowest BCUT2D eigenvalue weighted by Crippen LogP contribution is -2.24. The summed E-state index contributed by atoms with van der Waals surface area (Å²) >= 11 is 1.60. The van der Waals surface area contributed by atoms with Crippen LogP contribution in [-0.2, 0) is 11.4 Å². The normalized spacial score (nSPS) is 12.0. The molecule has 0 fully saturated rings. The number of methoxy groups -OCH3 is 1. The van der Waals surface area contributed by atoms with Gasteiger partial charge in [0, 0.05) is 17.0 Å². The number of thiazole rings is 1. The van der Waals surface area contributed by atoms with E-state index in [0.717, 1.165) is 33.3 Å². The molecule has 0 aliphatic rings. The monoisotopic (exact) mass is 408 g/mol. The number of hydrogen-bond donors (Lipinski definition) is 1. The molecule has 1 aromatic heterocycles. The number of carbonyl (C=O) groups is 1. The summed E-state index contributed by atoms with van der Waals surface area (Å²) in [5, 5.41) is 5.97. The van der Waals surface area contributed by atoms with Gasteiger partial charge in [0.2, 0.25) is 5.91 Å². The largest absolute Gasteiger partial charge is 0.496 e. The molecular formula is C23H24N2O3S. The molecule has 1 amide bonds. The summed E-state index contributed by atoms with van der Waals surface area (Å²) in [6, 6.07) is 15.1. The van der Waals surface area contributed by atoms with Gasteiger partial charge in [-0.05, 0) is 43.7 Å². The molecule has 0 aliphatic heterocycles. The minimum absolute atomic E-state index is 0.167. The van der Waals surface area contributed by atoms with E-state index in [1.807, 2.05) is 67.8 Å². The van der Waals surface area contributed by atoms with E-state index >= 15 is 0 Å². The zero-order valence-corrected chi connectivity index (χ0v) is 17.5. The van der Waals surface area contributed by atoms with Gasteiger partial charge in [0.25, 0.3) is 0 Å². The molecule has 1 unspecified atom stereocenters. The van der Waals surface area contributed by atoms with Crippen molar-refractivity contribution in [3.63, 3.8) is 0 Å². The first-order valence-electron chi connectivity index (χ1n) is 9.30. The standard InChI is InChI=1S/C23H24N2O3S/c1-16(21-9-4-5-10-22(21)27-3)24-23(26)12-11-18-7-6-8-20(13-18)28-14-19-15-29-17(2)25-19/h4-13,15-16H,14H2,1-3H3,(H,24,26)/b12-11+. The molecule has 6 heteroatoms. The van der Waals surface area contributed by atoms with E-state index in [2.05, 4.69) is 10.3 Å². The summed E-state index contributed by atoms with van der Waals surface area (Å²) in [6.07, 6.45) is 3.29. The summed E-state index contributed by atoms with van der Waals surface area (Å²) in [5.41, 5.74) is 2.74. The van der Waals surface area contributed by atoms with Gasteiger partial charge in [-0.1, -0.05) is 30.3 Å². The van der Waals surface area contributed by atoms with Gasteiger partial charge >= 0.3 is 0 Å². The lowest BCUT2D eigenvalue weighted by molar-refractivity contribution is -0.117. The zero-order chi connectivity index (χ0) is 20.6. The Balaban J connectivity index is 1.58. The highest BCUT2D eigenvalue weighted by molar-refractivity contribution is 7.09. The maximum Gasteiger partial charge on any atom is 0.244 e. The second kappa shape index (κ2) is 9.89. The SMILES string of the molecule is COc1ccccc1C(C)NC(=O)/C=C/c1cccc(OCc2csc(C)n2)c1. The molecule has 1 N–H and O–H groups in total. The van der Waals surface area contributed by atoms with Crippen LogP contribution in [0.3, 0.4) is 0 Å². The summed E-state index contributed by atoms with van der Waals surface area (Å²) in [6.45, 7) is 4.33.